The van der Waals surface area contributed by atoms with Gasteiger partial charge in [0.2, 0.25) is 0 Å². The number of fused-ring (bicyclic) bond motifs is 1. The third-order valence-electron chi connectivity index (χ3n) is 2.33. The summed E-state index contributed by atoms with van der Waals surface area (Å²) in [6.45, 7) is 3.64. The van der Waals surface area contributed by atoms with Crippen LogP contribution in [0.25, 0.3) is 11.0 Å². The fourth-order valence-corrected chi connectivity index (χ4v) is 1.51. The molecular weight excluding hydrogens is 192 g/mol. The van der Waals surface area contributed by atoms with Crippen molar-refractivity contribution in [3.05, 3.63) is 17.6 Å². The monoisotopic (exact) mass is 204 g/mol. The summed E-state index contributed by atoms with van der Waals surface area (Å²) in [4.78, 5) is 15.2. The topological polar surface area (TPSA) is 74.2 Å². The van der Waals surface area contributed by atoms with Crippen LogP contribution in [0.1, 0.15) is 18.3 Å². The number of aryl methyl sites for hydroxylation is 1. The van der Waals surface area contributed by atoms with E-state index in [1.165, 1.54) is 0 Å². The fraction of sp³-hybridized carbons (Fsp3) is 0.300. The second kappa shape index (κ2) is 3.34. The van der Waals surface area contributed by atoms with Crippen molar-refractivity contribution in [2.24, 2.45) is 4.99 Å². The van der Waals surface area contributed by atoms with Crippen LogP contribution in [0.3, 0.4) is 0 Å². The van der Waals surface area contributed by atoms with Crippen molar-refractivity contribution in [3.8, 4) is 5.88 Å². The molecule has 0 aliphatic heterocycles. The van der Waals surface area contributed by atoms with Crippen LogP contribution < -0.4 is 0 Å². The highest BCUT2D eigenvalue weighted by molar-refractivity contribution is 6.10. The van der Waals surface area contributed by atoms with Gasteiger partial charge in [0, 0.05) is 12.8 Å². The Labute approximate surface area is 86.9 Å². The van der Waals surface area contributed by atoms with Crippen LogP contribution in [0.2, 0.25) is 0 Å². The molecule has 78 valence electrons. The molecule has 2 N–H and O–H groups in total. The number of nitrogens with one attached hydrogen (secondary N) is 1. The first kappa shape index (κ1) is 9.64. The van der Waals surface area contributed by atoms with Gasteiger partial charge in [-0.05, 0) is 13.8 Å². The summed E-state index contributed by atoms with van der Waals surface area (Å²) in [7, 11) is 1.68. The van der Waals surface area contributed by atoms with Crippen molar-refractivity contribution in [1.29, 1.82) is 0 Å². The van der Waals surface area contributed by atoms with E-state index in [2.05, 4.69) is 19.9 Å². The van der Waals surface area contributed by atoms with Crippen molar-refractivity contribution in [1.82, 2.24) is 15.0 Å². The van der Waals surface area contributed by atoms with Gasteiger partial charge in [-0.1, -0.05) is 0 Å². The largest absolute Gasteiger partial charge is 0.494 e. The van der Waals surface area contributed by atoms with Crippen LogP contribution in [0.15, 0.2) is 11.2 Å². The lowest BCUT2D eigenvalue weighted by Gasteiger charge is -1.97. The molecule has 0 bridgehead atoms. The van der Waals surface area contributed by atoms with Gasteiger partial charge < -0.3 is 10.1 Å². The highest BCUT2D eigenvalue weighted by Crippen LogP contribution is 2.25. The average molecular weight is 204 g/mol. The van der Waals surface area contributed by atoms with E-state index >= 15 is 0 Å². The Morgan fingerprint density at radius 1 is 1.53 bits per heavy atom. The van der Waals surface area contributed by atoms with Crippen LogP contribution in [-0.4, -0.2) is 32.8 Å². The molecule has 0 saturated heterocycles. The number of aromatic nitrogens is 3. The highest BCUT2D eigenvalue weighted by atomic mass is 16.3. The molecule has 0 atom stereocenters. The third-order valence-corrected chi connectivity index (χ3v) is 2.33. The molecule has 0 radical (unpaired) electrons. The van der Waals surface area contributed by atoms with Crippen LogP contribution in [0.4, 0.5) is 0 Å². The van der Waals surface area contributed by atoms with Gasteiger partial charge in [-0.3, -0.25) is 4.99 Å². The quantitative estimate of drug-likeness (QED) is 0.690. The zero-order valence-electron chi connectivity index (χ0n) is 8.87. The lowest BCUT2D eigenvalue weighted by atomic mass is 10.2. The molecule has 0 spiro atoms. The van der Waals surface area contributed by atoms with Crippen molar-refractivity contribution < 1.29 is 5.11 Å². The highest BCUT2D eigenvalue weighted by Gasteiger charge is 2.14. The van der Waals surface area contributed by atoms with Gasteiger partial charge in [0.25, 0.3) is 0 Å². The first-order chi connectivity index (χ1) is 7.13. The van der Waals surface area contributed by atoms with Gasteiger partial charge in [0.05, 0.1) is 17.3 Å². The van der Waals surface area contributed by atoms with Gasteiger partial charge in [-0.15, -0.1) is 0 Å². The predicted molar refractivity (Wildman–Crippen MR) is 58.4 cm³/mol. The van der Waals surface area contributed by atoms with E-state index in [-0.39, 0.29) is 5.88 Å². The minimum atomic E-state index is 0.0907. The number of aromatic hydroxyl groups is 1. The Morgan fingerprint density at radius 2 is 2.27 bits per heavy atom. The molecule has 15 heavy (non-hydrogen) atoms. The minimum absolute atomic E-state index is 0.0907. The second-order valence-corrected chi connectivity index (χ2v) is 3.34. The summed E-state index contributed by atoms with van der Waals surface area (Å²) >= 11 is 0. The molecule has 0 fully saturated rings. The van der Waals surface area contributed by atoms with Gasteiger partial charge in [-0.2, -0.15) is 0 Å². The Balaban J connectivity index is 2.82. The first-order valence-corrected chi connectivity index (χ1v) is 4.61. The number of nitrogens with zero attached hydrogens (tertiary/aromatic N) is 3. The van der Waals surface area contributed by atoms with E-state index in [9.17, 15) is 5.11 Å². The van der Waals surface area contributed by atoms with E-state index in [1.54, 1.807) is 13.2 Å². The van der Waals surface area contributed by atoms with Crippen LogP contribution in [0, 0.1) is 6.92 Å². The van der Waals surface area contributed by atoms with E-state index < -0.39 is 0 Å². The molecule has 2 aromatic rings. The predicted octanol–water partition coefficient (Wildman–Crippen LogP) is 1.41. The molecule has 0 amide bonds. The van der Waals surface area contributed by atoms with Crippen LogP contribution in [-0.2, 0) is 0 Å². The van der Waals surface area contributed by atoms with E-state index in [1.807, 2.05) is 13.8 Å². The molecule has 0 unspecified atom stereocenters. The van der Waals surface area contributed by atoms with Gasteiger partial charge in [-0.25, -0.2) is 9.97 Å². The molecule has 0 saturated carbocycles. The van der Waals surface area contributed by atoms with Gasteiger partial charge in [0.1, 0.15) is 11.3 Å². The number of aliphatic imine (C=N–C) groups is 1. The summed E-state index contributed by atoms with van der Waals surface area (Å²) < 4.78 is 0. The fourth-order valence-electron chi connectivity index (χ4n) is 1.51. The van der Waals surface area contributed by atoms with Gasteiger partial charge >= 0.3 is 0 Å². The number of rotatable bonds is 1. The molecule has 5 nitrogen and oxygen atoms in total. The SMILES string of the molecule is CN=C(C)c1c(O)[nH]c2cnc(C)nc12. The van der Waals surface area contributed by atoms with Crippen molar-refractivity contribution >= 4 is 16.7 Å². The Morgan fingerprint density at radius 3 is 2.93 bits per heavy atom. The van der Waals surface area contributed by atoms with E-state index in [0.29, 0.717) is 16.9 Å². The summed E-state index contributed by atoms with van der Waals surface area (Å²) in [6.07, 6.45) is 1.66. The maximum Gasteiger partial charge on any atom is 0.200 e. The molecular formula is C10H12N4O. The average Bonchev–Trinajstić information content (AvgIpc) is 2.52. The molecule has 0 aliphatic carbocycles. The second-order valence-electron chi connectivity index (χ2n) is 3.34. The Kier molecular flexibility index (Phi) is 2.15. The summed E-state index contributed by atoms with van der Waals surface area (Å²) in [5.41, 5.74) is 2.83. The summed E-state index contributed by atoms with van der Waals surface area (Å²) in [6, 6.07) is 0. The molecule has 5 heteroatoms. The zero-order valence-corrected chi connectivity index (χ0v) is 8.87. The van der Waals surface area contributed by atoms with Crippen molar-refractivity contribution in [3.63, 3.8) is 0 Å². The summed E-state index contributed by atoms with van der Waals surface area (Å²) in [5, 5.41) is 9.72. The first-order valence-electron chi connectivity index (χ1n) is 4.61. The van der Waals surface area contributed by atoms with Crippen molar-refractivity contribution in [2.45, 2.75) is 13.8 Å². The third kappa shape index (κ3) is 1.45. The standard InChI is InChI=1S/C10H12N4O/c1-5(11-3)8-9-7(14-10(8)15)4-12-6(2)13-9/h4,14-15H,1-3H3. The Hall–Kier alpha value is -1.91. The molecule has 0 aromatic carbocycles. The lowest BCUT2D eigenvalue weighted by molar-refractivity contribution is 0.457. The maximum absolute atomic E-state index is 9.72. The molecule has 2 aromatic heterocycles. The number of aromatic amines is 1. The normalized spacial score (nSPS) is 12.3. The number of H-pyrrole nitrogens is 1. The molecule has 2 heterocycles. The van der Waals surface area contributed by atoms with Gasteiger partial charge in [0.15, 0.2) is 5.88 Å². The van der Waals surface area contributed by atoms with Crippen molar-refractivity contribution in [2.75, 3.05) is 7.05 Å². The smallest absolute Gasteiger partial charge is 0.200 e. The van der Waals surface area contributed by atoms with Crippen LogP contribution in [0.5, 0.6) is 5.88 Å². The van der Waals surface area contributed by atoms with Crippen LogP contribution >= 0.6 is 0 Å². The number of hydrogen-bond donors (Lipinski definition) is 2. The molecule has 0 aliphatic rings. The minimum Gasteiger partial charge on any atom is -0.494 e. The van der Waals surface area contributed by atoms with E-state index in [4.69, 9.17) is 0 Å². The van der Waals surface area contributed by atoms with E-state index in [0.717, 1.165) is 11.2 Å². The molecule has 2 rings (SSSR count). The Bertz CT molecular complexity index is 542. The summed E-state index contributed by atoms with van der Waals surface area (Å²) in [5.74, 6) is 0.764. The number of hydrogen-bond acceptors (Lipinski definition) is 4. The maximum atomic E-state index is 9.72. The lowest BCUT2D eigenvalue weighted by Crippen LogP contribution is -1.95. The zero-order chi connectivity index (χ0) is 11.0.